The molecule has 0 aromatic carbocycles. The lowest BCUT2D eigenvalue weighted by Crippen LogP contribution is -2.53. The van der Waals surface area contributed by atoms with Gasteiger partial charge in [-0.3, -0.25) is 4.98 Å². The van der Waals surface area contributed by atoms with Crippen LogP contribution in [0.15, 0.2) is 30.7 Å². The number of hydrogen-bond donors (Lipinski definition) is 1. The van der Waals surface area contributed by atoms with Gasteiger partial charge in [0.05, 0.1) is 11.9 Å². The Morgan fingerprint density at radius 1 is 1.32 bits per heavy atom. The molecular weight excluding hydrogens is 294 g/mol. The predicted octanol–water partition coefficient (Wildman–Crippen LogP) is 3.60. The van der Waals surface area contributed by atoms with Crippen molar-refractivity contribution in [2.24, 2.45) is 5.41 Å². The zero-order valence-corrected chi connectivity index (χ0v) is 13.0. The molecule has 112 valence electrons. The molecule has 5 nitrogen and oxygen atoms in total. The summed E-state index contributed by atoms with van der Waals surface area (Å²) >= 11 is 1.63. The summed E-state index contributed by atoms with van der Waals surface area (Å²) in [7, 11) is 0. The van der Waals surface area contributed by atoms with E-state index in [-0.39, 0.29) is 0 Å². The van der Waals surface area contributed by atoms with Gasteiger partial charge in [-0.2, -0.15) is 0 Å². The van der Waals surface area contributed by atoms with Crippen LogP contribution in [0, 0.1) is 5.41 Å². The molecule has 22 heavy (non-hydrogen) atoms. The van der Waals surface area contributed by atoms with E-state index in [4.69, 9.17) is 0 Å². The summed E-state index contributed by atoms with van der Waals surface area (Å²) in [6, 6.07) is 4.57. The Balaban J connectivity index is 1.40. The van der Waals surface area contributed by atoms with E-state index >= 15 is 0 Å². The summed E-state index contributed by atoms with van der Waals surface area (Å²) in [6.07, 6.45) is 12.4. The normalized spacial score (nSPS) is 22.5. The van der Waals surface area contributed by atoms with Gasteiger partial charge in [0.15, 0.2) is 0 Å². The highest BCUT2D eigenvalue weighted by Crippen LogP contribution is 2.56. The molecule has 0 bridgehead atoms. The smallest absolute Gasteiger partial charge is 0.214 e. The van der Waals surface area contributed by atoms with Crippen LogP contribution in [0.5, 0.6) is 0 Å². The van der Waals surface area contributed by atoms with Gasteiger partial charge in [-0.05, 0) is 43.2 Å². The Morgan fingerprint density at radius 3 is 2.91 bits per heavy atom. The molecule has 1 N–H and O–H groups in total. The van der Waals surface area contributed by atoms with Crippen LogP contribution in [0.4, 0.5) is 5.13 Å². The van der Waals surface area contributed by atoms with Crippen LogP contribution in [0.3, 0.4) is 0 Å². The van der Waals surface area contributed by atoms with Gasteiger partial charge < -0.3 is 5.32 Å². The lowest BCUT2D eigenvalue weighted by atomic mass is 9.53. The first-order valence-electron chi connectivity index (χ1n) is 7.86. The maximum Gasteiger partial charge on any atom is 0.214 e. The van der Waals surface area contributed by atoms with Crippen LogP contribution in [0.1, 0.15) is 32.1 Å². The van der Waals surface area contributed by atoms with Crippen molar-refractivity contribution in [3.8, 4) is 11.3 Å². The van der Waals surface area contributed by atoms with Crippen molar-refractivity contribution in [2.45, 2.75) is 38.1 Å². The van der Waals surface area contributed by atoms with E-state index in [0.717, 1.165) is 21.3 Å². The highest BCUT2D eigenvalue weighted by Gasteiger charge is 2.50. The van der Waals surface area contributed by atoms with Gasteiger partial charge in [-0.1, -0.05) is 17.8 Å². The van der Waals surface area contributed by atoms with Gasteiger partial charge in [-0.15, -0.1) is 5.10 Å². The van der Waals surface area contributed by atoms with Gasteiger partial charge in [-0.25, -0.2) is 9.50 Å². The van der Waals surface area contributed by atoms with Crippen molar-refractivity contribution in [1.82, 2.24) is 19.6 Å². The molecule has 2 fully saturated rings. The second kappa shape index (κ2) is 4.52. The monoisotopic (exact) mass is 311 g/mol. The highest BCUT2D eigenvalue weighted by atomic mass is 32.1. The fraction of sp³-hybridized carbons (Fsp3) is 0.438. The molecule has 1 unspecified atom stereocenters. The summed E-state index contributed by atoms with van der Waals surface area (Å²) in [4.78, 5) is 9.74. The molecule has 2 aliphatic carbocycles. The van der Waals surface area contributed by atoms with E-state index in [0.29, 0.717) is 11.5 Å². The number of imidazole rings is 1. The number of nitrogens with one attached hydrogen (secondary N) is 1. The van der Waals surface area contributed by atoms with Crippen LogP contribution < -0.4 is 5.32 Å². The molecule has 0 amide bonds. The van der Waals surface area contributed by atoms with Crippen LogP contribution in [0.2, 0.25) is 0 Å². The Hall–Kier alpha value is -1.95. The molecule has 3 aromatic rings. The second-order valence-corrected chi connectivity index (χ2v) is 7.41. The van der Waals surface area contributed by atoms with Gasteiger partial charge in [0.25, 0.3) is 0 Å². The second-order valence-electron chi connectivity index (χ2n) is 6.45. The average molecular weight is 311 g/mol. The minimum absolute atomic E-state index is 0.592. The first-order chi connectivity index (χ1) is 10.8. The standard InChI is InChI=1S/C16H17N5S/c1-3-11(9-17-8-1)12-10-21-15(18-12)22-14(20-21)19-13-4-7-16(13)5-2-6-16/h1,3,8-10,13H,2,4-7H2,(H,19,20). The maximum absolute atomic E-state index is 4.66. The summed E-state index contributed by atoms with van der Waals surface area (Å²) < 4.78 is 1.88. The summed E-state index contributed by atoms with van der Waals surface area (Å²) in [6.45, 7) is 0. The molecule has 2 saturated carbocycles. The van der Waals surface area contributed by atoms with E-state index < -0.39 is 0 Å². The van der Waals surface area contributed by atoms with Crippen molar-refractivity contribution >= 4 is 21.4 Å². The third kappa shape index (κ3) is 1.80. The zero-order valence-electron chi connectivity index (χ0n) is 12.2. The Labute approximate surface area is 132 Å². The third-order valence-corrected chi connectivity index (χ3v) is 6.17. The lowest BCUT2D eigenvalue weighted by Gasteiger charge is -2.56. The number of anilines is 1. The first-order valence-corrected chi connectivity index (χ1v) is 8.67. The highest BCUT2D eigenvalue weighted by molar-refractivity contribution is 7.20. The molecule has 1 spiro atoms. The fourth-order valence-corrected chi connectivity index (χ4v) is 4.55. The van der Waals surface area contributed by atoms with E-state index in [1.807, 2.05) is 29.0 Å². The fourth-order valence-electron chi connectivity index (χ4n) is 3.71. The Kier molecular flexibility index (Phi) is 2.59. The average Bonchev–Trinajstić information content (AvgIpc) is 3.01. The molecule has 0 aliphatic heterocycles. The molecular formula is C16H17N5S. The molecule has 3 heterocycles. The molecule has 0 saturated heterocycles. The maximum atomic E-state index is 4.66. The van der Waals surface area contributed by atoms with Crippen LogP contribution in [-0.4, -0.2) is 25.6 Å². The van der Waals surface area contributed by atoms with Crippen molar-refractivity contribution in [3.05, 3.63) is 30.7 Å². The van der Waals surface area contributed by atoms with E-state index in [9.17, 15) is 0 Å². The van der Waals surface area contributed by atoms with Crippen molar-refractivity contribution in [1.29, 1.82) is 0 Å². The van der Waals surface area contributed by atoms with Crippen LogP contribution in [-0.2, 0) is 0 Å². The van der Waals surface area contributed by atoms with Crippen molar-refractivity contribution in [3.63, 3.8) is 0 Å². The predicted molar refractivity (Wildman–Crippen MR) is 87.0 cm³/mol. The number of rotatable bonds is 3. The number of hydrogen-bond acceptors (Lipinski definition) is 5. The minimum atomic E-state index is 0.592. The summed E-state index contributed by atoms with van der Waals surface area (Å²) in [5.41, 5.74) is 2.55. The number of pyridine rings is 1. The van der Waals surface area contributed by atoms with Gasteiger partial charge in [0.1, 0.15) is 0 Å². The zero-order chi connectivity index (χ0) is 14.6. The number of nitrogens with zero attached hydrogens (tertiary/aromatic N) is 4. The van der Waals surface area contributed by atoms with E-state index in [2.05, 4.69) is 20.4 Å². The topological polar surface area (TPSA) is 55.1 Å². The first kappa shape index (κ1) is 12.6. The third-order valence-electron chi connectivity index (χ3n) is 5.32. The van der Waals surface area contributed by atoms with Gasteiger partial charge in [0, 0.05) is 24.0 Å². The minimum Gasteiger partial charge on any atom is -0.357 e. The molecule has 2 aliphatic rings. The molecule has 5 rings (SSSR count). The Bertz CT molecular complexity index is 781. The van der Waals surface area contributed by atoms with Crippen LogP contribution >= 0.6 is 11.3 Å². The van der Waals surface area contributed by atoms with E-state index in [1.165, 1.54) is 32.1 Å². The molecule has 3 aromatic heterocycles. The Morgan fingerprint density at radius 2 is 2.27 bits per heavy atom. The largest absolute Gasteiger partial charge is 0.357 e. The molecule has 0 radical (unpaired) electrons. The number of aromatic nitrogens is 4. The molecule has 1 atom stereocenters. The molecule has 6 heteroatoms. The summed E-state index contributed by atoms with van der Waals surface area (Å²) in [5.74, 6) is 0. The number of fused-ring (bicyclic) bond motifs is 1. The summed E-state index contributed by atoms with van der Waals surface area (Å²) in [5, 5.41) is 9.28. The lowest BCUT2D eigenvalue weighted by molar-refractivity contribution is 0.0130. The SMILES string of the molecule is c1cncc(-c2cn3nc(NC4CCC45CCC5)sc3n2)c1. The van der Waals surface area contributed by atoms with Crippen molar-refractivity contribution < 1.29 is 0 Å². The quantitative estimate of drug-likeness (QED) is 0.803. The van der Waals surface area contributed by atoms with Gasteiger partial charge >= 0.3 is 0 Å². The van der Waals surface area contributed by atoms with E-state index in [1.54, 1.807) is 17.5 Å². The van der Waals surface area contributed by atoms with Crippen molar-refractivity contribution in [2.75, 3.05) is 5.32 Å². The van der Waals surface area contributed by atoms with Crippen LogP contribution in [0.25, 0.3) is 16.2 Å². The van der Waals surface area contributed by atoms with Gasteiger partial charge in [0.2, 0.25) is 10.1 Å².